The Hall–Kier alpha value is -3.29. The van der Waals surface area contributed by atoms with Gasteiger partial charge in [-0.15, -0.1) is 0 Å². The summed E-state index contributed by atoms with van der Waals surface area (Å²) >= 11 is 0. The van der Waals surface area contributed by atoms with Crippen molar-refractivity contribution in [3.63, 3.8) is 0 Å². The van der Waals surface area contributed by atoms with Gasteiger partial charge in [0.15, 0.2) is 36.3 Å². The van der Waals surface area contributed by atoms with Gasteiger partial charge >= 0.3 is 0 Å². The van der Waals surface area contributed by atoms with Crippen LogP contribution >= 0.6 is 0 Å². The molecule has 0 spiro atoms. The Morgan fingerprint density at radius 3 is 2.29 bits per heavy atom. The Kier molecular flexibility index (Phi) is 8.20. The lowest BCUT2D eigenvalue weighted by molar-refractivity contribution is -0.343. The lowest BCUT2D eigenvalue weighted by Gasteiger charge is -2.44. The van der Waals surface area contributed by atoms with Crippen molar-refractivity contribution in [1.29, 1.82) is 0 Å². The number of Topliss-reactive ketones (excluding diaryl/α,β-unsaturated/α-hetero) is 1. The summed E-state index contributed by atoms with van der Waals surface area (Å²) in [6.07, 6.45) is -15.4. The fourth-order valence-corrected chi connectivity index (χ4v) is 5.02. The molecule has 3 heterocycles. The standard InChI is InChI=1S/C26H30O16/c27-6-15-17(33)19(35)22(42-25-23(36)26(37,7-28)8-38-25)24(40-15)41-21-18(34)16-13(32)4-10(29)5-14(16)39-20(21)9-1-2-11(30)12(31)3-9/h1-5,15,17,19-25,27-33,35-37H,6-8H2/t15?,17?,19?,20?,21?,22?,23-,24?,25+,26+/m0/s1. The summed E-state index contributed by atoms with van der Waals surface area (Å²) in [6, 6.07) is 5.41. The normalized spacial score (nSPS) is 36.4. The highest BCUT2D eigenvalue weighted by Gasteiger charge is 2.54. The van der Waals surface area contributed by atoms with Crippen molar-refractivity contribution in [3.05, 3.63) is 41.5 Å². The molecule has 0 radical (unpaired) electrons. The van der Waals surface area contributed by atoms with Gasteiger partial charge < -0.3 is 74.7 Å². The summed E-state index contributed by atoms with van der Waals surface area (Å²) in [7, 11) is 0. The quantitative estimate of drug-likeness (QED) is 0.147. The molecule has 10 atom stereocenters. The van der Waals surface area contributed by atoms with Crippen LogP contribution in [0.5, 0.6) is 28.7 Å². The van der Waals surface area contributed by atoms with Crippen LogP contribution in [0.4, 0.5) is 0 Å². The lowest BCUT2D eigenvalue weighted by Crippen LogP contribution is -2.62. The SMILES string of the molecule is O=C1c2c(O)cc(O)cc2OC(c2ccc(O)c(O)c2)C1OC1OC(CO)C(O)C(O)C1O[C@H]1OC[C@](O)(CO)[C@H]1O. The molecule has 2 saturated heterocycles. The number of carbonyl (C=O) groups excluding carboxylic acids is 1. The summed E-state index contributed by atoms with van der Waals surface area (Å²) < 4.78 is 28.3. The van der Waals surface area contributed by atoms with Crippen molar-refractivity contribution in [3.8, 4) is 28.7 Å². The molecular weight excluding hydrogens is 568 g/mol. The van der Waals surface area contributed by atoms with Crippen molar-refractivity contribution in [2.75, 3.05) is 19.8 Å². The largest absolute Gasteiger partial charge is 0.508 e. The predicted molar refractivity (Wildman–Crippen MR) is 133 cm³/mol. The van der Waals surface area contributed by atoms with Crippen LogP contribution in [0.15, 0.2) is 30.3 Å². The number of hydrogen-bond donors (Lipinski definition) is 10. The second-order valence-electron chi connectivity index (χ2n) is 10.2. The minimum absolute atomic E-state index is 0.0762. The molecule has 2 aromatic carbocycles. The highest BCUT2D eigenvalue weighted by Crippen LogP contribution is 2.45. The lowest BCUT2D eigenvalue weighted by atomic mass is 9.92. The number of aliphatic hydroxyl groups is 6. The molecular formula is C26H30O16. The molecule has 230 valence electrons. The summed E-state index contributed by atoms with van der Waals surface area (Å²) in [5.41, 5.74) is -2.43. The van der Waals surface area contributed by atoms with Crippen LogP contribution in [0.25, 0.3) is 0 Å². The summed E-state index contributed by atoms with van der Waals surface area (Å²) in [4.78, 5) is 13.7. The topological polar surface area (TPSA) is 266 Å². The average molecular weight is 599 g/mol. The van der Waals surface area contributed by atoms with E-state index in [4.69, 9.17) is 23.7 Å². The number of fused-ring (bicyclic) bond motifs is 1. The van der Waals surface area contributed by atoms with E-state index in [9.17, 15) is 55.9 Å². The van der Waals surface area contributed by atoms with E-state index in [0.717, 1.165) is 24.3 Å². The fourth-order valence-electron chi connectivity index (χ4n) is 5.02. The van der Waals surface area contributed by atoms with Gasteiger partial charge in [-0.2, -0.15) is 0 Å². The van der Waals surface area contributed by atoms with E-state index in [1.54, 1.807) is 0 Å². The minimum atomic E-state index is -2.11. The Morgan fingerprint density at radius 2 is 1.64 bits per heavy atom. The van der Waals surface area contributed by atoms with Crippen LogP contribution in [0.2, 0.25) is 0 Å². The van der Waals surface area contributed by atoms with Crippen molar-refractivity contribution < 1.29 is 79.5 Å². The number of phenols is 4. The number of aromatic hydroxyl groups is 4. The van der Waals surface area contributed by atoms with E-state index in [2.05, 4.69) is 0 Å². The zero-order valence-corrected chi connectivity index (χ0v) is 21.6. The maximum absolute atomic E-state index is 13.7. The Balaban J connectivity index is 1.52. The van der Waals surface area contributed by atoms with Crippen LogP contribution in [0.1, 0.15) is 22.0 Å². The fraction of sp³-hybridized carbons (Fsp3) is 0.500. The molecule has 0 bridgehead atoms. The third kappa shape index (κ3) is 5.22. The van der Waals surface area contributed by atoms with E-state index in [1.807, 2.05) is 0 Å². The number of benzene rings is 2. The van der Waals surface area contributed by atoms with Gasteiger partial charge in [0.2, 0.25) is 5.78 Å². The Labute approximate surface area is 236 Å². The first-order valence-electron chi connectivity index (χ1n) is 12.7. The molecule has 0 saturated carbocycles. The van der Waals surface area contributed by atoms with Crippen LogP contribution in [0, 0.1) is 0 Å². The molecule has 7 unspecified atom stereocenters. The van der Waals surface area contributed by atoms with E-state index >= 15 is 0 Å². The molecule has 2 fully saturated rings. The molecule has 0 aliphatic carbocycles. The van der Waals surface area contributed by atoms with Gasteiger partial charge in [0.1, 0.15) is 58.9 Å². The number of aliphatic hydroxyl groups excluding tert-OH is 5. The number of hydrogen-bond acceptors (Lipinski definition) is 16. The van der Waals surface area contributed by atoms with Crippen molar-refractivity contribution in [2.24, 2.45) is 0 Å². The summed E-state index contributed by atoms with van der Waals surface area (Å²) in [5.74, 6) is -3.33. The Bertz CT molecular complexity index is 1320. The number of ketones is 1. The van der Waals surface area contributed by atoms with Crippen molar-refractivity contribution >= 4 is 5.78 Å². The first-order chi connectivity index (χ1) is 19.9. The first-order valence-corrected chi connectivity index (χ1v) is 12.7. The zero-order chi connectivity index (χ0) is 30.5. The zero-order valence-electron chi connectivity index (χ0n) is 21.6. The summed E-state index contributed by atoms with van der Waals surface area (Å²) in [5, 5.41) is 102. The minimum Gasteiger partial charge on any atom is -0.508 e. The van der Waals surface area contributed by atoms with E-state index in [1.165, 1.54) is 6.07 Å². The molecule has 16 heteroatoms. The smallest absolute Gasteiger partial charge is 0.203 e. The van der Waals surface area contributed by atoms with Crippen LogP contribution in [-0.2, 0) is 18.9 Å². The molecule has 10 N–H and O–H groups in total. The van der Waals surface area contributed by atoms with E-state index in [0.29, 0.717) is 0 Å². The van der Waals surface area contributed by atoms with Crippen LogP contribution < -0.4 is 4.74 Å². The molecule has 0 aromatic heterocycles. The predicted octanol–water partition coefficient (Wildman–Crippen LogP) is -2.52. The highest BCUT2D eigenvalue weighted by atomic mass is 16.8. The number of ether oxygens (including phenoxy) is 5. The molecule has 16 nitrogen and oxygen atoms in total. The second-order valence-corrected chi connectivity index (χ2v) is 10.2. The molecule has 3 aliphatic rings. The van der Waals surface area contributed by atoms with Gasteiger partial charge in [-0.25, -0.2) is 0 Å². The van der Waals surface area contributed by atoms with Gasteiger partial charge in [-0.1, -0.05) is 6.07 Å². The van der Waals surface area contributed by atoms with E-state index < -0.39 is 115 Å². The third-order valence-electron chi connectivity index (χ3n) is 7.40. The van der Waals surface area contributed by atoms with Gasteiger partial charge in [-0.3, -0.25) is 4.79 Å². The van der Waals surface area contributed by atoms with Gasteiger partial charge in [0.25, 0.3) is 0 Å². The molecule has 42 heavy (non-hydrogen) atoms. The maximum Gasteiger partial charge on any atom is 0.203 e. The number of rotatable bonds is 7. The van der Waals surface area contributed by atoms with Crippen LogP contribution in [0.3, 0.4) is 0 Å². The first kappa shape index (κ1) is 30.2. The summed E-state index contributed by atoms with van der Waals surface area (Å²) in [6.45, 7) is -2.28. The number of carbonyl (C=O) groups is 1. The third-order valence-corrected chi connectivity index (χ3v) is 7.40. The van der Waals surface area contributed by atoms with Crippen molar-refractivity contribution in [2.45, 2.75) is 60.9 Å². The molecule has 3 aliphatic heterocycles. The maximum atomic E-state index is 13.7. The molecule has 0 amide bonds. The van der Waals surface area contributed by atoms with Gasteiger partial charge in [-0.05, 0) is 17.7 Å². The van der Waals surface area contributed by atoms with Crippen molar-refractivity contribution in [1.82, 2.24) is 0 Å². The van der Waals surface area contributed by atoms with Gasteiger partial charge in [0.05, 0.1) is 19.8 Å². The van der Waals surface area contributed by atoms with E-state index in [-0.39, 0.29) is 11.3 Å². The highest BCUT2D eigenvalue weighted by molar-refractivity contribution is 6.05. The number of phenolic OH excluding ortho intramolecular Hbond substituents is 4. The molecule has 5 rings (SSSR count). The monoisotopic (exact) mass is 598 g/mol. The van der Waals surface area contributed by atoms with Gasteiger partial charge in [0, 0.05) is 12.1 Å². The Morgan fingerprint density at radius 1 is 0.905 bits per heavy atom. The average Bonchev–Trinajstić information content (AvgIpc) is 3.23. The molecule has 2 aromatic rings. The second kappa shape index (κ2) is 11.4. The van der Waals surface area contributed by atoms with Crippen LogP contribution in [-0.4, -0.2) is 131 Å².